The maximum absolute atomic E-state index is 6.30. The molecular formula is C16H24ClIN2. The van der Waals surface area contributed by atoms with Gasteiger partial charge in [-0.1, -0.05) is 45.2 Å². The first-order chi connectivity index (χ1) is 9.52. The van der Waals surface area contributed by atoms with Crippen molar-refractivity contribution in [2.45, 2.75) is 71.1 Å². The number of hydrogen-bond donors (Lipinski definition) is 0. The number of aromatic nitrogens is 2. The van der Waals surface area contributed by atoms with Crippen LogP contribution >= 0.6 is 34.2 Å². The maximum atomic E-state index is 6.30. The van der Waals surface area contributed by atoms with Gasteiger partial charge in [-0.3, -0.25) is 0 Å². The summed E-state index contributed by atoms with van der Waals surface area (Å²) in [7, 11) is 0. The highest BCUT2D eigenvalue weighted by molar-refractivity contribution is 14.1. The molecule has 0 amide bonds. The zero-order valence-electron chi connectivity index (χ0n) is 12.6. The predicted molar refractivity (Wildman–Crippen MR) is 93.5 cm³/mol. The summed E-state index contributed by atoms with van der Waals surface area (Å²) in [5, 5.41) is 0.634. The fourth-order valence-electron chi connectivity index (χ4n) is 3.14. The Morgan fingerprint density at radius 2 is 1.85 bits per heavy atom. The van der Waals surface area contributed by atoms with Gasteiger partial charge in [0.2, 0.25) is 0 Å². The van der Waals surface area contributed by atoms with Gasteiger partial charge >= 0.3 is 0 Å². The second-order valence-corrected chi connectivity index (χ2v) is 7.67. The molecule has 0 bridgehead atoms. The Balaban J connectivity index is 2.14. The molecule has 0 atom stereocenters. The molecule has 0 radical (unpaired) electrons. The summed E-state index contributed by atoms with van der Waals surface area (Å²) in [6.07, 6.45) is 7.76. The van der Waals surface area contributed by atoms with Crippen LogP contribution in [0.2, 0.25) is 5.15 Å². The van der Waals surface area contributed by atoms with Gasteiger partial charge in [0, 0.05) is 5.92 Å². The van der Waals surface area contributed by atoms with Crippen LogP contribution in [-0.2, 0) is 0 Å². The minimum Gasteiger partial charge on any atom is -0.236 e. The smallest absolute Gasteiger partial charge is 0.146 e. The largest absolute Gasteiger partial charge is 0.236 e. The lowest BCUT2D eigenvalue weighted by molar-refractivity contribution is 0.302. The summed E-state index contributed by atoms with van der Waals surface area (Å²) in [6.45, 7) is 6.62. The molecule has 0 spiro atoms. The molecule has 1 saturated carbocycles. The molecule has 1 aliphatic rings. The molecule has 2 nitrogen and oxygen atoms in total. The highest BCUT2D eigenvalue weighted by atomic mass is 127. The van der Waals surface area contributed by atoms with Crippen LogP contribution in [0.4, 0.5) is 0 Å². The molecule has 2 rings (SSSR count). The molecule has 20 heavy (non-hydrogen) atoms. The predicted octanol–water partition coefficient (Wildman–Crippen LogP) is 5.93. The first-order valence-electron chi connectivity index (χ1n) is 7.75. The summed E-state index contributed by atoms with van der Waals surface area (Å²) in [6, 6.07) is 0. The summed E-state index contributed by atoms with van der Waals surface area (Å²) < 4.78 is 1.02. The third kappa shape index (κ3) is 3.85. The van der Waals surface area contributed by atoms with Gasteiger partial charge in [0.25, 0.3) is 0 Å². The molecule has 112 valence electrons. The van der Waals surface area contributed by atoms with Crippen molar-refractivity contribution in [1.29, 1.82) is 0 Å². The van der Waals surface area contributed by atoms with E-state index < -0.39 is 0 Å². The van der Waals surface area contributed by atoms with E-state index in [2.05, 4.69) is 48.3 Å². The molecule has 1 fully saturated rings. The Kier molecular flexibility index (Phi) is 6.09. The van der Waals surface area contributed by atoms with Crippen molar-refractivity contribution in [3.8, 4) is 0 Å². The van der Waals surface area contributed by atoms with Gasteiger partial charge in [0.1, 0.15) is 11.0 Å². The Morgan fingerprint density at radius 1 is 1.20 bits per heavy atom. The van der Waals surface area contributed by atoms with Crippen LogP contribution < -0.4 is 0 Å². The molecule has 0 aromatic carbocycles. The van der Waals surface area contributed by atoms with E-state index in [0.29, 0.717) is 17.0 Å². The number of halogens is 2. The van der Waals surface area contributed by atoms with E-state index in [4.69, 9.17) is 16.6 Å². The lowest BCUT2D eigenvalue weighted by Crippen LogP contribution is -2.17. The molecule has 4 heteroatoms. The van der Waals surface area contributed by atoms with Gasteiger partial charge in [0.15, 0.2) is 0 Å². The summed E-state index contributed by atoms with van der Waals surface area (Å²) in [5.41, 5.74) is 1.11. The van der Waals surface area contributed by atoms with Gasteiger partial charge in [-0.15, -0.1) is 0 Å². The van der Waals surface area contributed by atoms with E-state index in [1.165, 1.54) is 38.5 Å². The van der Waals surface area contributed by atoms with Crippen molar-refractivity contribution >= 4 is 34.2 Å². The average molecular weight is 407 g/mol. The zero-order chi connectivity index (χ0) is 14.7. The lowest BCUT2D eigenvalue weighted by Gasteiger charge is -2.28. The SMILES string of the molecule is CCCC1CCC(c2nc(Cl)c(I)c(C(C)C)n2)CC1. The standard InChI is InChI=1S/C16H24ClIN2/c1-4-5-11-6-8-12(9-7-11)16-19-14(10(2)3)13(18)15(17)20-16/h10-12H,4-9H2,1-3H3. The monoisotopic (exact) mass is 406 g/mol. The van der Waals surface area contributed by atoms with Crippen LogP contribution in [0.3, 0.4) is 0 Å². The van der Waals surface area contributed by atoms with Crippen molar-refractivity contribution < 1.29 is 0 Å². The van der Waals surface area contributed by atoms with E-state index >= 15 is 0 Å². The summed E-state index contributed by atoms with van der Waals surface area (Å²) in [4.78, 5) is 9.38. The van der Waals surface area contributed by atoms with Crippen LogP contribution in [-0.4, -0.2) is 9.97 Å². The minimum atomic E-state index is 0.401. The number of hydrogen-bond acceptors (Lipinski definition) is 2. The first kappa shape index (κ1) is 16.5. The molecule has 1 aliphatic carbocycles. The minimum absolute atomic E-state index is 0.401. The van der Waals surface area contributed by atoms with Crippen molar-refractivity contribution in [3.63, 3.8) is 0 Å². The van der Waals surface area contributed by atoms with Gasteiger partial charge in [-0.2, -0.15) is 0 Å². The van der Waals surface area contributed by atoms with Crippen molar-refractivity contribution in [2.24, 2.45) is 5.92 Å². The highest BCUT2D eigenvalue weighted by Gasteiger charge is 2.25. The molecule has 1 aromatic heterocycles. The third-order valence-corrected chi connectivity index (χ3v) is 5.97. The molecule has 1 aromatic rings. The van der Waals surface area contributed by atoms with Gasteiger partial charge < -0.3 is 0 Å². The van der Waals surface area contributed by atoms with Crippen molar-refractivity contribution in [3.05, 3.63) is 20.2 Å². The zero-order valence-corrected chi connectivity index (χ0v) is 15.5. The lowest BCUT2D eigenvalue weighted by atomic mass is 9.79. The average Bonchev–Trinajstić information content (AvgIpc) is 2.42. The fourth-order valence-corrected chi connectivity index (χ4v) is 4.18. The molecule has 0 aliphatic heterocycles. The van der Waals surface area contributed by atoms with Gasteiger partial charge in [-0.05, 0) is 60.1 Å². The normalized spacial score (nSPS) is 23.3. The second kappa shape index (κ2) is 7.39. The van der Waals surface area contributed by atoms with Crippen LogP contribution in [0.15, 0.2) is 0 Å². The van der Waals surface area contributed by atoms with E-state index in [-0.39, 0.29) is 0 Å². The Labute approximate surface area is 141 Å². The van der Waals surface area contributed by atoms with Crippen LogP contribution in [0.1, 0.15) is 82.7 Å². The van der Waals surface area contributed by atoms with Crippen LogP contribution in [0, 0.1) is 9.49 Å². The fraction of sp³-hybridized carbons (Fsp3) is 0.750. The molecule has 0 N–H and O–H groups in total. The van der Waals surface area contributed by atoms with E-state index in [1.54, 1.807) is 0 Å². The molecular weight excluding hydrogens is 383 g/mol. The van der Waals surface area contributed by atoms with E-state index in [1.807, 2.05) is 0 Å². The van der Waals surface area contributed by atoms with E-state index in [9.17, 15) is 0 Å². The topological polar surface area (TPSA) is 25.8 Å². The Morgan fingerprint density at radius 3 is 2.40 bits per heavy atom. The van der Waals surface area contributed by atoms with Crippen molar-refractivity contribution in [1.82, 2.24) is 9.97 Å². The molecule has 1 heterocycles. The number of rotatable bonds is 4. The first-order valence-corrected chi connectivity index (χ1v) is 9.21. The quantitative estimate of drug-likeness (QED) is 0.457. The third-order valence-electron chi connectivity index (χ3n) is 4.31. The maximum Gasteiger partial charge on any atom is 0.146 e. The van der Waals surface area contributed by atoms with E-state index in [0.717, 1.165) is 21.0 Å². The summed E-state index contributed by atoms with van der Waals surface area (Å²) >= 11 is 8.57. The molecule has 0 saturated heterocycles. The van der Waals surface area contributed by atoms with Crippen LogP contribution in [0.25, 0.3) is 0 Å². The highest BCUT2D eigenvalue weighted by Crippen LogP contribution is 2.37. The Hall–Kier alpha value is 0.1000. The Bertz CT molecular complexity index is 454. The summed E-state index contributed by atoms with van der Waals surface area (Å²) in [5.74, 6) is 2.81. The van der Waals surface area contributed by atoms with Crippen molar-refractivity contribution in [2.75, 3.05) is 0 Å². The van der Waals surface area contributed by atoms with Crippen LogP contribution in [0.5, 0.6) is 0 Å². The number of nitrogens with zero attached hydrogens (tertiary/aromatic N) is 2. The van der Waals surface area contributed by atoms with Gasteiger partial charge in [-0.25, -0.2) is 9.97 Å². The van der Waals surface area contributed by atoms with Gasteiger partial charge in [0.05, 0.1) is 9.26 Å². The second-order valence-electron chi connectivity index (χ2n) is 6.23. The molecule has 0 unspecified atom stereocenters.